The first-order valence-corrected chi connectivity index (χ1v) is 6.96. The topological polar surface area (TPSA) is 70.6 Å². The van der Waals surface area contributed by atoms with E-state index in [0.717, 1.165) is 17.7 Å². The van der Waals surface area contributed by atoms with Crippen molar-refractivity contribution in [3.8, 4) is 5.75 Å². The number of nitrogens with one attached hydrogen (secondary N) is 2. The van der Waals surface area contributed by atoms with Crippen LogP contribution in [-0.2, 0) is 0 Å². The van der Waals surface area contributed by atoms with Gasteiger partial charge in [0.05, 0.1) is 12.6 Å². The molecule has 0 aliphatic rings. The summed E-state index contributed by atoms with van der Waals surface area (Å²) in [6, 6.07) is 12.4. The van der Waals surface area contributed by atoms with Crippen LogP contribution in [0.2, 0.25) is 0 Å². The maximum Gasteiger partial charge on any atom is 0.573 e. The van der Waals surface area contributed by atoms with Crippen LogP contribution in [0.25, 0.3) is 0 Å². The summed E-state index contributed by atoms with van der Waals surface area (Å²) in [7, 11) is 0. The zero-order valence-corrected chi connectivity index (χ0v) is 12.4. The highest BCUT2D eigenvalue weighted by molar-refractivity contribution is 5.89. The van der Waals surface area contributed by atoms with Crippen molar-refractivity contribution < 1.29 is 27.8 Å². The fourth-order valence-corrected chi connectivity index (χ4v) is 1.99. The molecule has 0 fully saturated rings. The Hall–Kier alpha value is -2.74. The van der Waals surface area contributed by atoms with Crippen LogP contribution in [0, 0.1) is 0 Å². The number of aliphatic hydroxyl groups is 1. The van der Waals surface area contributed by atoms with Crippen LogP contribution in [0.5, 0.6) is 5.75 Å². The minimum absolute atomic E-state index is 0.284. The molecular weight excluding hydrogens is 325 g/mol. The number of ether oxygens (including phenoxy) is 1. The smallest absolute Gasteiger partial charge is 0.406 e. The largest absolute Gasteiger partial charge is 0.573 e. The van der Waals surface area contributed by atoms with Gasteiger partial charge in [0.2, 0.25) is 0 Å². The van der Waals surface area contributed by atoms with Gasteiger partial charge in [-0.15, -0.1) is 13.2 Å². The molecule has 1 unspecified atom stereocenters. The fraction of sp³-hybridized carbons (Fsp3) is 0.188. The Kier molecular flexibility index (Phi) is 5.64. The summed E-state index contributed by atoms with van der Waals surface area (Å²) in [6.45, 7) is -0.296. The van der Waals surface area contributed by atoms with E-state index in [1.807, 2.05) is 6.07 Å². The van der Waals surface area contributed by atoms with Crippen molar-refractivity contribution in [2.45, 2.75) is 12.4 Å². The highest BCUT2D eigenvalue weighted by Crippen LogP contribution is 2.24. The molecule has 5 nitrogen and oxygen atoms in total. The molecule has 0 saturated carbocycles. The van der Waals surface area contributed by atoms with E-state index in [2.05, 4.69) is 15.4 Å². The summed E-state index contributed by atoms with van der Waals surface area (Å²) >= 11 is 0. The maximum atomic E-state index is 12.1. The summed E-state index contributed by atoms with van der Waals surface area (Å²) in [6.07, 6.45) is -4.77. The van der Waals surface area contributed by atoms with Crippen molar-refractivity contribution in [3.63, 3.8) is 0 Å². The SMILES string of the molecule is O=C(Nc1ccc(OC(F)(F)F)cc1)NC(CO)c1ccccc1. The van der Waals surface area contributed by atoms with Gasteiger partial charge in [-0.2, -0.15) is 0 Å². The van der Waals surface area contributed by atoms with Crippen LogP contribution in [0.1, 0.15) is 11.6 Å². The molecule has 0 aromatic heterocycles. The standard InChI is InChI=1S/C16H15F3N2O3/c17-16(18,19)24-13-8-6-12(7-9-13)20-15(23)21-14(10-22)11-4-2-1-3-5-11/h1-9,14,22H,10H2,(H2,20,21,23). The molecule has 2 aromatic carbocycles. The first kappa shape index (κ1) is 17.6. The molecule has 2 rings (SSSR count). The normalized spacial score (nSPS) is 12.3. The Labute approximate surface area is 136 Å². The fourth-order valence-electron chi connectivity index (χ4n) is 1.99. The molecule has 8 heteroatoms. The lowest BCUT2D eigenvalue weighted by Gasteiger charge is -2.17. The summed E-state index contributed by atoms with van der Waals surface area (Å²) in [5, 5.41) is 14.4. The highest BCUT2D eigenvalue weighted by Gasteiger charge is 2.30. The second-order valence-corrected chi connectivity index (χ2v) is 4.82. The number of carbonyl (C=O) groups excluding carboxylic acids is 1. The Balaban J connectivity index is 1.94. The maximum absolute atomic E-state index is 12.1. The summed E-state index contributed by atoms with van der Waals surface area (Å²) in [4.78, 5) is 11.9. The predicted octanol–water partition coefficient (Wildman–Crippen LogP) is 3.44. The van der Waals surface area contributed by atoms with E-state index in [1.54, 1.807) is 24.3 Å². The number of halogens is 3. The van der Waals surface area contributed by atoms with Gasteiger partial charge in [0.25, 0.3) is 0 Å². The lowest BCUT2D eigenvalue weighted by atomic mass is 10.1. The molecule has 0 heterocycles. The zero-order valence-electron chi connectivity index (χ0n) is 12.4. The van der Waals surface area contributed by atoms with Crippen LogP contribution < -0.4 is 15.4 Å². The van der Waals surface area contributed by atoms with Crippen LogP contribution in [0.3, 0.4) is 0 Å². The minimum Gasteiger partial charge on any atom is -0.406 e. The molecule has 0 aliphatic carbocycles. The summed E-state index contributed by atoms with van der Waals surface area (Å²) < 4.78 is 40.0. The zero-order chi connectivity index (χ0) is 17.6. The number of benzene rings is 2. The Bertz CT molecular complexity index is 661. The second kappa shape index (κ2) is 7.69. The molecule has 0 spiro atoms. The third-order valence-corrected chi connectivity index (χ3v) is 3.04. The van der Waals surface area contributed by atoms with Gasteiger partial charge in [-0.25, -0.2) is 4.79 Å². The molecule has 128 valence electrons. The Morgan fingerprint density at radius 1 is 1.08 bits per heavy atom. The average molecular weight is 340 g/mol. The second-order valence-electron chi connectivity index (χ2n) is 4.82. The molecule has 1 atom stereocenters. The number of hydrogen-bond donors (Lipinski definition) is 3. The number of amides is 2. The summed E-state index contributed by atoms with van der Waals surface area (Å²) in [5.41, 5.74) is 1.01. The molecule has 0 aliphatic heterocycles. The van der Waals surface area contributed by atoms with E-state index in [0.29, 0.717) is 0 Å². The van der Waals surface area contributed by atoms with E-state index in [1.165, 1.54) is 12.1 Å². The van der Waals surface area contributed by atoms with Crippen molar-refractivity contribution in [2.24, 2.45) is 0 Å². The van der Waals surface area contributed by atoms with Gasteiger partial charge in [0, 0.05) is 5.69 Å². The van der Waals surface area contributed by atoms with Crippen molar-refractivity contribution >= 4 is 11.7 Å². The third-order valence-electron chi connectivity index (χ3n) is 3.04. The van der Waals surface area contributed by atoms with Gasteiger partial charge in [-0.05, 0) is 29.8 Å². The van der Waals surface area contributed by atoms with Gasteiger partial charge in [0.1, 0.15) is 5.75 Å². The van der Waals surface area contributed by atoms with E-state index < -0.39 is 18.4 Å². The van der Waals surface area contributed by atoms with Gasteiger partial charge in [0.15, 0.2) is 0 Å². The highest BCUT2D eigenvalue weighted by atomic mass is 19.4. The van der Waals surface area contributed by atoms with Crippen LogP contribution >= 0.6 is 0 Å². The molecule has 0 bridgehead atoms. The third kappa shape index (κ3) is 5.47. The number of anilines is 1. The number of aliphatic hydroxyl groups excluding tert-OH is 1. The molecule has 0 saturated heterocycles. The van der Waals surface area contributed by atoms with Gasteiger partial charge >= 0.3 is 12.4 Å². The lowest BCUT2D eigenvalue weighted by Crippen LogP contribution is -2.34. The van der Waals surface area contributed by atoms with Gasteiger partial charge in [-0.3, -0.25) is 0 Å². The monoisotopic (exact) mass is 340 g/mol. The van der Waals surface area contributed by atoms with E-state index in [9.17, 15) is 23.1 Å². The molecule has 24 heavy (non-hydrogen) atoms. The molecule has 2 aromatic rings. The first-order chi connectivity index (χ1) is 11.4. The minimum atomic E-state index is -4.77. The number of hydrogen-bond acceptors (Lipinski definition) is 3. The predicted molar refractivity (Wildman–Crippen MR) is 81.5 cm³/mol. The van der Waals surface area contributed by atoms with Crippen LogP contribution in [0.15, 0.2) is 54.6 Å². The number of carbonyl (C=O) groups is 1. The lowest BCUT2D eigenvalue weighted by molar-refractivity contribution is -0.274. The quantitative estimate of drug-likeness (QED) is 0.781. The first-order valence-electron chi connectivity index (χ1n) is 6.96. The van der Waals surface area contributed by atoms with Crippen molar-refractivity contribution in [1.82, 2.24) is 5.32 Å². The average Bonchev–Trinajstić information content (AvgIpc) is 2.54. The van der Waals surface area contributed by atoms with Crippen LogP contribution in [0.4, 0.5) is 23.7 Å². The van der Waals surface area contributed by atoms with Crippen molar-refractivity contribution in [1.29, 1.82) is 0 Å². The van der Waals surface area contributed by atoms with E-state index >= 15 is 0 Å². The van der Waals surface area contributed by atoms with E-state index in [4.69, 9.17) is 0 Å². The number of rotatable bonds is 5. The number of alkyl halides is 3. The molecule has 0 radical (unpaired) electrons. The molecule has 2 amide bonds. The van der Waals surface area contributed by atoms with Crippen molar-refractivity contribution in [3.05, 3.63) is 60.2 Å². The van der Waals surface area contributed by atoms with Gasteiger partial charge in [-0.1, -0.05) is 30.3 Å². The molecule has 3 N–H and O–H groups in total. The number of urea groups is 1. The molecular formula is C16H15F3N2O3. The summed E-state index contributed by atoms with van der Waals surface area (Å²) in [5.74, 6) is -0.383. The van der Waals surface area contributed by atoms with Gasteiger partial charge < -0.3 is 20.5 Å². The Morgan fingerprint density at radius 3 is 2.25 bits per heavy atom. The van der Waals surface area contributed by atoms with Crippen LogP contribution in [-0.4, -0.2) is 24.1 Å². The Morgan fingerprint density at radius 2 is 1.71 bits per heavy atom. The van der Waals surface area contributed by atoms with Crippen molar-refractivity contribution in [2.75, 3.05) is 11.9 Å². The van der Waals surface area contributed by atoms with E-state index in [-0.39, 0.29) is 18.0 Å².